The van der Waals surface area contributed by atoms with Crippen molar-refractivity contribution in [3.8, 4) is 0 Å². The number of rotatable bonds is 5. The van der Waals surface area contributed by atoms with Gasteiger partial charge in [-0.15, -0.1) is 0 Å². The van der Waals surface area contributed by atoms with Crippen molar-refractivity contribution in [3.63, 3.8) is 0 Å². The van der Waals surface area contributed by atoms with Gasteiger partial charge in [-0.1, -0.05) is 48.0 Å². The minimum Gasteiger partial charge on any atom is -0.344 e. The SMILES string of the molecule is O=C(N[C@H](CN1CCCN1)c1ccccc1)c1cccc(C(F)(F)F)c1Cl. The lowest BCUT2D eigenvalue weighted by Crippen LogP contribution is -2.41. The molecule has 4 nitrogen and oxygen atoms in total. The molecule has 144 valence electrons. The van der Waals surface area contributed by atoms with E-state index >= 15 is 0 Å². The van der Waals surface area contributed by atoms with E-state index in [1.807, 2.05) is 35.3 Å². The van der Waals surface area contributed by atoms with Crippen molar-refractivity contribution in [2.45, 2.75) is 18.6 Å². The quantitative estimate of drug-likeness (QED) is 0.800. The fourth-order valence-corrected chi connectivity index (χ4v) is 3.36. The Morgan fingerprint density at radius 1 is 1.19 bits per heavy atom. The minimum atomic E-state index is -4.62. The van der Waals surface area contributed by atoms with Gasteiger partial charge < -0.3 is 5.32 Å². The van der Waals surface area contributed by atoms with Crippen molar-refractivity contribution in [3.05, 3.63) is 70.2 Å². The van der Waals surface area contributed by atoms with Gasteiger partial charge in [0.05, 0.1) is 22.2 Å². The Labute approximate surface area is 160 Å². The molecule has 0 aromatic heterocycles. The van der Waals surface area contributed by atoms with Crippen LogP contribution in [0, 0.1) is 0 Å². The molecule has 2 aromatic rings. The molecule has 8 heteroatoms. The Balaban J connectivity index is 1.84. The van der Waals surface area contributed by atoms with Crippen molar-refractivity contribution in [2.24, 2.45) is 0 Å². The zero-order valence-electron chi connectivity index (χ0n) is 14.4. The number of nitrogens with zero attached hydrogens (tertiary/aromatic N) is 1. The summed E-state index contributed by atoms with van der Waals surface area (Å²) in [6.45, 7) is 2.19. The van der Waals surface area contributed by atoms with Gasteiger partial charge in [0.25, 0.3) is 5.91 Å². The largest absolute Gasteiger partial charge is 0.417 e. The molecule has 1 heterocycles. The maximum atomic E-state index is 13.1. The standard InChI is InChI=1S/C19H19ClF3N3O/c20-17-14(8-4-9-15(17)19(21,22)23)18(27)25-16(12-26-11-5-10-24-26)13-6-2-1-3-7-13/h1-4,6-9,16,24H,5,10-12H2,(H,25,27)/t16-/m1/s1. The van der Waals surface area contributed by atoms with Crippen molar-refractivity contribution >= 4 is 17.5 Å². The van der Waals surface area contributed by atoms with Gasteiger partial charge in [0.15, 0.2) is 0 Å². The van der Waals surface area contributed by atoms with Crippen molar-refractivity contribution in [2.75, 3.05) is 19.6 Å². The second-order valence-electron chi connectivity index (χ2n) is 6.31. The van der Waals surface area contributed by atoms with E-state index in [1.54, 1.807) is 0 Å². The van der Waals surface area contributed by atoms with Crippen LogP contribution in [-0.4, -0.2) is 30.6 Å². The van der Waals surface area contributed by atoms with E-state index in [1.165, 1.54) is 12.1 Å². The highest BCUT2D eigenvalue weighted by molar-refractivity contribution is 6.34. The first kappa shape index (κ1) is 19.7. The summed E-state index contributed by atoms with van der Waals surface area (Å²) in [6, 6.07) is 12.2. The van der Waals surface area contributed by atoms with Gasteiger partial charge in [0.1, 0.15) is 0 Å². The predicted octanol–water partition coefficient (Wildman–Crippen LogP) is 4.04. The first-order chi connectivity index (χ1) is 12.9. The van der Waals surface area contributed by atoms with Gasteiger partial charge in [-0.2, -0.15) is 13.2 Å². The Bertz CT molecular complexity index is 793. The lowest BCUT2D eigenvalue weighted by molar-refractivity contribution is -0.137. The molecule has 1 aliphatic rings. The summed E-state index contributed by atoms with van der Waals surface area (Å²) in [7, 11) is 0. The summed E-state index contributed by atoms with van der Waals surface area (Å²) in [4.78, 5) is 12.7. The van der Waals surface area contributed by atoms with E-state index in [-0.39, 0.29) is 5.56 Å². The smallest absolute Gasteiger partial charge is 0.344 e. The molecule has 1 aliphatic heterocycles. The molecule has 1 fully saturated rings. The number of benzene rings is 2. The van der Waals surface area contributed by atoms with E-state index in [4.69, 9.17) is 11.6 Å². The number of hydrogen-bond donors (Lipinski definition) is 2. The summed E-state index contributed by atoms with van der Waals surface area (Å²) in [5, 5.41) is 4.23. The molecule has 2 N–H and O–H groups in total. The van der Waals surface area contributed by atoms with E-state index in [0.29, 0.717) is 6.54 Å². The Morgan fingerprint density at radius 2 is 1.93 bits per heavy atom. The third-order valence-corrected chi connectivity index (χ3v) is 4.81. The molecule has 0 saturated carbocycles. The van der Waals surface area contributed by atoms with Crippen LogP contribution in [0.25, 0.3) is 0 Å². The zero-order chi connectivity index (χ0) is 19.4. The van der Waals surface area contributed by atoms with Crippen LogP contribution in [0.15, 0.2) is 48.5 Å². The maximum Gasteiger partial charge on any atom is 0.417 e. The van der Waals surface area contributed by atoms with Crippen LogP contribution in [0.1, 0.15) is 33.9 Å². The topological polar surface area (TPSA) is 44.4 Å². The normalized spacial score (nSPS) is 16.3. The lowest BCUT2D eigenvalue weighted by atomic mass is 10.0. The number of alkyl halides is 3. The molecule has 1 saturated heterocycles. The highest BCUT2D eigenvalue weighted by Crippen LogP contribution is 2.36. The molecule has 2 aromatic carbocycles. The maximum absolute atomic E-state index is 13.1. The minimum absolute atomic E-state index is 0.193. The number of carbonyl (C=O) groups excluding carboxylic acids is 1. The summed E-state index contributed by atoms with van der Waals surface area (Å²) < 4.78 is 39.2. The second kappa shape index (κ2) is 8.29. The lowest BCUT2D eigenvalue weighted by Gasteiger charge is -2.25. The van der Waals surface area contributed by atoms with Crippen LogP contribution >= 0.6 is 11.6 Å². The molecular weight excluding hydrogens is 379 g/mol. The number of hydrazine groups is 1. The van der Waals surface area contributed by atoms with Gasteiger partial charge in [-0.3, -0.25) is 10.2 Å². The van der Waals surface area contributed by atoms with Crippen LogP contribution in [0.5, 0.6) is 0 Å². The van der Waals surface area contributed by atoms with E-state index in [0.717, 1.165) is 31.1 Å². The van der Waals surface area contributed by atoms with E-state index in [2.05, 4.69) is 10.7 Å². The highest BCUT2D eigenvalue weighted by Gasteiger charge is 2.35. The number of carbonyl (C=O) groups is 1. The molecule has 0 bridgehead atoms. The van der Waals surface area contributed by atoms with Crippen molar-refractivity contribution in [1.29, 1.82) is 0 Å². The van der Waals surface area contributed by atoms with E-state index < -0.39 is 28.7 Å². The van der Waals surface area contributed by atoms with Gasteiger partial charge in [-0.25, -0.2) is 5.01 Å². The summed E-state index contributed by atoms with van der Waals surface area (Å²) in [5.74, 6) is -0.640. The molecule has 0 spiro atoms. The molecule has 1 amide bonds. The monoisotopic (exact) mass is 397 g/mol. The highest BCUT2D eigenvalue weighted by atomic mass is 35.5. The van der Waals surface area contributed by atoms with Gasteiger partial charge in [0.2, 0.25) is 0 Å². The number of nitrogens with one attached hydrogen (secondary N) is 2. The first-order valence-electron chi connectivity index (χ1n) is 8.56. The van der Waals surface area contributed by atoms with Crippen LogP contribution in [-0.2, 0) is 6.18 Å². The third-order valence-electron chi connectivity index (χ3n) is 4.40. The molecule has 27 heavy (non-hydrogen) atoms. The number of amides is 1. The summed E-state index contributed by atoms with van der Waals surface area (Å²) in [5.41, 5.74) is 2.87. The van der Waals surface area contributed by atoms with Crippen LogP contribution in [0.3, 0.4) is 0 Å². The Hall–Kier alpha value is -2.09. The van der Waals surface area contributed by atoms with Crippen molar-refractivity contribution in [1.82, 2.24) is 15.8 Å². The van der Waals surface area contributed by atoms with Crippen LogP contribution in [0.2, 0.25) is 5.02 Å². The molecule has 1 atom stereocenters. The van der Waals surface area contributed by atoms with Crippen molar-refractivity contribution < 1.29 is 18.0 Å². The number of halogens is 4. The summed E-state index contributed by atoms with van der Waals surface area (Å²) >= 11 is 5.88. The molecular formula is C19H19ClF3N3O. The average molecular weight is 398 g/mol. The average Bonchev–Trinajstić information content (AvgIpc) is 3.14. The molecule has 0 radical (unpaired) electrons. The van der Waals surface area contributed by atoms with Gasteiger partial charge in [-0.05, 0) is 24.1 Å². The third kappa shape index (κ3) is 4.80. The zero-order valence-corrected chi connectivity index (χ0v) is 15.1. The second-order valence-corrected chi connectivity index (χ2v) is 6.69. The van der Waals surface area contributed by atoms with Gasteiger partial charge in [0, 0.05) is 19.6 Å². The van der Waals surface area contributed by atoms with Gasteiger partial charge >= 0.3 is 6.18 Å². The molecule has 0 aliphatic carbocycles. The van der Waals surface area contributed by atoms with Crippen LogP contribution < -0.4 is 10.7 Å². The predicted molar refractivity (Wildman–Crippen MR) is 97.3 cm³/mol. The molecule has 3 rings (SSSR count). The Kier molecular flexibility index (Phi) is 6.04. The Morgan fingerprint density at radius 3 is 2.56 bits per heavy atom. The van der Waals surface area contributed by atoms with E-state index in [9.17, 15) is 18.0 Å². The molecule has 0 unspecified atom stereocenters. The van der Waals surface area contributed by atoms with Crippen LogP contribution in [0.4, 0.5) is 13.2 Å². The summed E-state index contributed by atoms with van der Waals surface area (Å²) in [6.07, 6.45) is -3.62. The fraction of sp³-hybridized carbons (Fsp3) is 0.316. The first-order valence-corrected chi connectivity index (χ1v) is 8.94. The fourth-order valence-electron chi connectivity index (χ4n) is 3.04. The number of hydrogen-bond acceptors (Lipinski definition) is 3.